The topological polar surface area (TPSA) is 108 Å². The highest BCUT2D eigenvalue weighted by molar-refractivity contribution is 5.81. The van der Waals surface area contributed by atoms with Crippen LogP contribution in [0.3, 0.4) is 0 Å². The molecule has 0 saturated heterocycles. The van der Waals surface area contributed by atoms with Gasteiger partial charge in [0.05, 0.1) is 11.5 Å². The second-order valence-electron chi connectivity index (χ2n) is 4.15. The van der Waals surface area contributed by atoms with Gasteiger partial charge in [-0.2, -0.15) is 0 Å². The van der Waals surface area contributed by atoms with Crippen LogP contribution >= 0.6 is 0 Å². The third-order valence-corrected chi connectivity index (χ3v) is 2.59. The van der Waals surface area contributed by atoms with Crippen molar-refractivity contribution in [1.82, 2.24) is 5.32 Å². The molecule has 1 atom stereocenters. The molecule has 1 aromatic rings. The van der Waals surface area contributed by atoms with Gasteiger partial charge >= 0.3 is 5.69 Å². The number of benzene rings is 1. The summed E-state index contributed by atoms with van der Waals surface area (Å²) < 4.78 is 10.1. The van der Waals surface area contributed by atoms with Gasteiger partial charge in [-0.15, -0.1) is 0 Å². The fourth-order valence-corrected chi connectivity index (χ4v) is 1.51. The molecule has 0 aliphatic heterocycles. The third-order valence-electron chi connectivity index (χ3n) is 2.59. The van der Waals surface area contributed by atoms with Crippen LogP contribution in [0.5, 0.6) is 5.75 Å². The standard InChI is InChI=1S/C13H16N2O6/c1-9(13(17)14-5-6-20-2)21-12-4-3-10(8-16)7-11(12)15(18)19/h3-4,7-9H,5-6H2,1-2H3,(H,14,17). The maximum atomic E-state index is 11.7. The number of rotatable bonds is 8. The summed E-state index contributed by atoms with van der Waals surface area (Å²) in [5, 5.41) is 13.5. The van der Waals surface area contributed by atoms with Gasteiger partial charge in [-0.3, -0.25) is 19.7 Å². The summed E-state index contributed by atoms with van der Waals surface area (Å²) in [6.07, 6.45) is -0.417. The van der Waals surface area contributed by atoms with Gasteiger partial charge in [0.25, 0.3) is 5.91 Å². The highest BCUT2D eigenvalue weighted by Gasteiger charge is 2.21. The van der Waals surface area contributed by atoms with Crippen LogP contribution in [-0.4, -0.2) is 43.5 Å². The number of nitro benzene ring substituents is 1. The monoisotopic (exact) mass is 296 g/mol. The molecule has 0 bridgehead atoms. The van der Waals surface area contributed by atoms with E-state index in [9.17, 15) is 19.7 Å². The second kappa shape index (κ2) is 7.95. The van der Waals surface area contributed by atoms with Crippen LogP contribution in [0.15, 0.2) is 18.2 Å². The minimum absolute atomic E-state index is 0.0695. The normalized spacial score (nSPS) is 11.5. The molecular weight excluding hydrogens is 280 g/mol. The van der Waals surface area contributed by atoms with Gasteiger partial charge in [-0.05, 0) is 19.1 Å². The van der Waals surface area contributed by atoms with Gasteiger partial charge in [0.15, 0.2) is 11.9 Å². The maximum absolute atomic E-state index is 11.7. The summed E-state index contributed by atoms with van der Waals surface area (Å²) in [7, 11) is 1.50. The van der Waals surface area contributed by atoms with E-state index in [-0.39, 0.29) is 17.0 Å². The van der Waals surface area contributed by atoms with Gasteiger partial charge in [0.1, 0.15) is 6.29 Å². The molecule has 1 unspecified atom stereocenters. The van der Waals surface area contributed by atoms with E-state index in [1.54, 1.807) is 0 Å². The lowest BCUT2D eigenvalue weighted by molar-refractivity contribution is -0.386. The van der Waals surface area contributed by atoms with Crippen LogP contribution in [0.25, 0.3) is 0 Å². The summed E-state index contributed by atoms with van der Waals surface area (Å²) in [6.45, 7) is 2.14. The molecule has 0 saturated carbocycles. The molecule has 1 aromatic carbocycles. The van der Waals surface area contributed by atoms with Crippen LogP contribution in [0, 0.1) is 10.1 Å². The van der Waals surface area contributed by atoms with Crippen molar-refractivity contribution in [2.45, 2.75) is 13.0 Å². The van der Waals surface area contributed by atoms with E-state index in [1.807, 2.05) is 0 Å². The first-order valence-corrected chi connectivity index (χ1v) is 6.16. The lowest BCUT2D eigenvalue weighted by Crippen LogP contribution is -2.38. The molecule has 8 nitrogen and oxygen atoms in total. The fraction of sp³-hybridized carbons (Fsp3) is 0.385. The predicted molar refractivity (Wildman–Crippen MR) is 73.5 cm³/mol. The minimum Gasteiger partial charge on any atom is -0.474 e. The number of aldehydes is 1. The second-order valence-corrected chi connectivity index (χ2v) is 4.15. The molecule has 1 rings (SSSR count). The summed E-state index contributed by atoms with van der Waals surface area (Å²) >= 11 is 0. The van der Waals surface area contributed by atoms with Gasteiger partial charge in [-0.1, -0.05) is 0 Å². The smallest absolute Gasteiger partial charge is 0.311 e. The van der Waals surface area contributed by atoms with E-state index < -0.39 is 16.9 Å². The Labute approximate surface area is 121 Å². The Kier molecular flexibility index (Phi) is 6.28. The number of methoxy groups -OCH3 is 1. The summed E-state index contributed by atoms with van der Waals surface area (Å²) in [4.78, 5) is 32.6. The Morgan fingerprint density at radius 1 is 1.52 bits per heavy atom. The number of carbonyl (C=O) groups excluding carboxylic acids is 2. The van der Waals surface area contributed by atoms with E-state index in [1.165, 1.54) is 26.2 Å². The fourth-order valence-electron chi connectivity index (χ4n) is 1.51. The molecule has 0 aromatic heterocycles. The van der Waals surface area contributed by atoms with Crippen molar-refractivity contribution in [2.24, 2.45) is 0 Å². The molecule has 21 heavy (non-hydrogen) atoms. The quantitative estimate of drug-likeness (QED) is 0.331. The van der Waals surface area contributed by atoms with E-state index in [4.69, 9.17) is 9.47 Å². The van der Waals surface area contributed by atoms with Crippen molar-refractivity contribution < 1.29 is 24.0 Å². The lowest BCUT2D eigenvalue weighted by Gasteiger charge is -2.14. The molecule has 0 heterocycles. The Morgan fingerprint density at radius 2 is 2.24 bits per heavy atom. The van der Waals surface area contributed by atoms with Gasteiger partial charge in [0, 0.05) is 25.3 Å². The number of carbonyl (C=O) groups is 2. The zero-order valence-corrected chi connectivity index (χ0v) is 11.7. The predicted octanol–water partition coefficient (Wildman–Crippen LogP) is 0.937. The van der Waals surface area contributed by atoms with Crippen LogP contribution < -0.4 is 10.1 Å². The van der Waals surface area contributed by atoms with Gasteiger partial charge in [-0.25, -0.2) is 0 Å². The van der Waals surface area contributed by atoms with Crippen molar-refractivity contribution in [3.63, 3.8) is 0 Å². The molecule has 1 N–H and O–H groups in total. The number of nitrogens with one attached hydrogen (secondary N) is 1. The zero-order valence-electron chi connectivity index (χ0n) is 11.7. The number of hydrogen-bond donors (Lipinski definition) is 1. The van der Waals surface area contributed by atoms with Crippen molar-refractivity contribution >= 4 is 17.9 Å². The molecule has 0 spiro atoms. The number of nitrogens with zero attached hydrogens (tertiary/aromatic N) is 1. The highest BCUT2D eigenvalue weighted by Crippen LogP contribution is 2.28. The molecular formula is C13H16N2O6. The molecule has 8 heteroatoms. The van der Waals surface area contributed by atoms with E-state index >= 15 is 0 Å². The Balaban J connectivity index is 2.79. The Bertz CT molecular complexity index is 531. The summed E-state index contributed by atoms with van der Waals surface area (Å²) in [5.74, 6) is -0.485. The SMILES string of the molecule is COCCNC(=O)C(C)Oc1ccc(C=O)cc1[N+](=O)[O-]. The zero-order chi connectivity index (χ0) is 15.8. The molecule has 0 fully saturated rings. The van der Waals surface area contributed by atoms with Crippen LogP contribution in [0.2, 0.25) is 0 Å². The molecule has 0 aliphatic carbocycles. The van der Waals surface area contributed by atoms with E-state index in [0.29, 0.717) is 19.4 Å². The Hall–Kier alpha value is -2.48. The average molecular weight is 296 g/mol. The highest BCUT2D eigenvalue weighted by atomic mass is 16.6. The molecule has 0 aliphatic rings. The third kappa shape index (κ3) is 4.84. The van der Waals surface area contributed by atoms with Crippen LogP contribution in [0.1, 0.15) is 17.3 Å². The van der Waals surface area contributed by atoms with Crippen LogP contribution in [-0.2, 0) is 9.53 Å². The first-order chi connectivity index (χ1) is 9.99. The molecule has 114 valence electrons. The van der Waals surface area contributed by atoms with Crippen molar-refractivity contribution in [3.05, 3.63) is 33.9 Å². The summed E-state index contributed by atoms with van der Waals surface area (Å²) in [6, 6.07) is 3.77. The Morgan fingerprint density at radius 3 is 2.81 bits per heavy atom. The lowest BCUT2D eigenvalue weighted by atomic mass is 10.2. The maximum Gasteiger partial charge on any atom is 0.311 e. The molecule has 0 radical (unpaired) electrons. The van der Waals surface area contributed by atoms with E-state index in [2.05, 4.69) is 5.32 Å². The largest absolute Gasteiger partial charge is 0.474 e. The average Bonchev–Trinajstić information content (AvgIpc) is 2.47. The number of ether oxygens (including phenoxy) is 2. The number of amides is 1. The van der Waals surface area contributed by atoms with Crippen molar-refractivity contribution in [2.75, 3.05) is 20.3 Å². The van der Waals surface area contributed by atoms with E-state index in [0.717, 1.165) is 6.07 Å². The van der Waals surface area contributed by atoms with Crippen LogP contribution in [0.4, 0.5) is 5.69 Å². The minimum atomic E-state index is -0.914. The first kappa shape index (κ1) is 16.6. The van der Waals surface area contributed by atoms with Crippen molar-refractivity contribution in [1.29, 1.82) is 0 Å². The van der Waals surface area contributed by atoms with Gasteiger partial charge < -0.3 is 14.8 Å². The van der Waals surface area contributed by atoms with Gasteiger partial charge in [0.2, 0.25) is 0 Å². The number of hydrogen-bond acceptors (Lipinski definition) is 6. The molecule has 1 amide bonds. The van der Waals surface area contributed by atoms with Crippen molar-refractivity contribution in [3.8, 4) is 5.75 Å². The summed E-state index contributed by atoms with van der Waals surface area (Å²) in [5.41, 5.74) is -0.206. The first-order valence-electron chi connectivity index (χ1n) is 6.16. The number of nitro groups is 1.